The lowest BCUT2D eigenvalue weighted by atomic mass is 10.1. The van der Waals surface area contributed by atoms with Gasteiger partial charge in [-0.05, 0) is 23.8 Å². The monoisotopic (exact) mass is 224 g/mol. The number of nitrogens with one attached hydrogen (secondary N) is 1. The van der Waals surface area contributed by atoms with E-state index in [2.05, 4.69) is 10.2 Å². The number of carbonyl (C=O) groups excluding carboxylic acids is 1. The Labute approximate surface area is 94.0 Å². The molecule has 1 N–H and O–H groups in total. The number of halogens is 1. The fraction of sp³-hybridized carbons (Fsp3) is 0.364. The Bertz CT molecular complexity index is 392. The van der Waals surface area contributed by atoms with Crippen LogP contribution in [-0.4, -0.2) is 25.4 Å². The van der Waals surface area contributed by atoms with Crippen LogP contribution < -0.4 is 10.2 Å². The minimum Gasteiger partial charge on any atom is -0.373 e. The topological polar surface area (TPSA) is 32.3 Å². The zero-order valence-electron chi connectivity index (χ0n) is 8.59. The summed E-state index contributed by atoms with van der Waals surface area (Å²) < 4.78 is 0. The average Bonchev–Trinajstić information content (AvgIpc) is 2.57. The number of hydrogen-bond acceptors (Lipinski definition) is 2. The van der Waals surface area contributed by atoms with Crippen molar-refractivity contribution in [2.24, 2.45) is 0 Å². The van der Waals surface area contributed by atoms with E-state index in [0.29, 0.717) is 12.3 Å². The first-order valence-electron chi connectivity index (χ1n) is 4.90. The lowest BCUT2D eigenvalue weighted by Crippen LogP contribution is -2.19. The fourth-order valence-electron chi connectivity index (χ4n) is 1.71. The van der Waals surface area contributed by atoms with E-state index in [4.69, 9.17) is 11.6 Å². The predicted octanol–water partition coefficient (Wildman–Crippen LogP) is 1.86. The van der Waals surface area contributed by atoms with Crippen molar-refractivity contribution in [1.82, 2.24) is 0 Å². The highest BCUT2D eigenvalue weighted by Crippen LogP contribution is 2.27. The smallest absolute Gasteiger partial charge is 0.228 e. The van der Waals surface area contributed by atoms with Crippen LogP contribution in [0.4, 0.5) is 11.4 Å². The summed E-state index contributed by atoms with van der Waals surface area (Å²) in [5.74, 6) is 0.673. The molecule has 0 spiro atoms. The van der Waals surface area contributed by atoms with E-state index in [1.165, 1.54) is 0 Å². The fourth-order valence-corrected chi connectivity index (χ4v) is 1.96. The average molecular weight is 225 g/mol. The van der Waals surface area contributed by atoms with Crippen LogP contribution in [0.15, 0.2) is 18.2 Å². The molecular weight excluding hydrogens is 212 g/mol. The number of rotatable bonds is 3. The van der Waals surface area contributed by atoms with Crippen molar-refractivity contribution in [2.45, 2.75) is 6.42 Å². The summed E-state index contributed by atoms with van der Waals surface area (Å²) in [4.78, 5) is 13.2. The van der Waals surface area contributed by atoms with Gasteiger partial charge in [-0.2, -0.15) is 0 Å². The zero-order chi connectivity index (χ0) is 10.8. The molecule has 1 aromatic rings. The SMILES string of the molecule is CN(CCCl)c1ccc2c(c1)CC(=O)N2. The van der Waals surface area contributed by atoms with E-state index in [1.54, 1.807) is 0 Å². The molecule has 1 aliphatic rings. The van der Waals surface area contributed by atoms with Gasteiger partial charge in [-0.25, -0.2) is 0 Å². The van der Waals surface area contributed by atoms with Gasteiger partial charge in [-0.1, -0.05) is 0 Å². The zero-order valence-corrected chi connectivity index (χ0v) is 9.34. The van der Waals surface area contributed by atoms with Crippen molar-refractivity contribution in [3.05, 3.63) is 23.8 Å². The quantitative estimate of drug-likeness (QED) is 0.795. The highest BCUT2D eigenvalue weighted by Gasteiger charge is 2.17. The molecule has 0 unspecified atom stereocenters. The second-order valence-corrected chi connectivity index (χ2v) is 4.05. The predicted molar refractivity (Wildman–Crippen MR) is 62.8 cm³/mol. The number of amides is 1. The molecule has 80 valence electrons. The van der Waals surface area contributed by atoms with Crippen LogP contribution in [0, 0.1) is 0 Å². The first kappa shape index (κ1) is 10.3. The first-order chi connectivity index (χ1) is 7.20. The van der Waals surface area contributed by atoms with Crippen LogP contribution in [-0.2, 0) is 11.2 Å². The molecule has 4 heteroatoms. The van der Waals surface area contributed by atoms with Gasteiger partial charge >= 0.3 is 0 Å². The summed E-state index contributed by atoms with van der Waals surface area (Å²) in [6.07, 6.45) is 0.484. The molecule has 0 aromatic heterocycles. The molecule has 0 atom stereocenters. The normalized spacial score (nSPS) is 13.6. The number of carbonyl (C=O) groups is 1. The maximum absolute atomic E-state index is 11.2. The van der Waals surface area contributed by atoms with Crippen molar-refractivity contribution in [3.63, 3.8) is 0 Å². The van der Waals surface area contributed by atoms with Crippen LogP contribution >= 0.6 is 11.6 Å². The molecule has 0 fully saturated rings. The van der Waals surface area contributed by atoms with Crippen LogP contribution in [0.25, 0.3) is 0 Å². The Morgan fingerprint density at radius 2 is 2.33 bits per heavy atom. The largest absolute Gasteiger partial charge is 0.373 e. The summed E-state index contributed by atoms with van der Waals surface area (Å²) in [6.45, 7) is 0.807. The van der Waals surface area contributed by atoms with Crippen LogP contribution in [0.3, 0.4) is 0 Å². The third kappa shape index (κ3) is 2.07. The van der Waals surface area contributed by atoms with Gasteiger partial charge in [0.15, 0.2) is 0 Å². The molecule has 3 nitrogen and oxygen atoms in total. The molecule has 1 aromatic carbocycles. The Hall–Kier alpha value is -1.22. The van der Waals surface area contributed by atoms with Gasteiger partial charge in [0.2, 0.25) is 5.91 Å². The Morgan fingerprint density at radius 3 is 3.07 bits per heavy atom. The summed E-state index contributed by atoms with van der Waals surface area (Å²) in [6, 6.07) is 5.98. The Kier molecular flexibility index (Phi) is 2.82. The first-order valence-corrected chi connectivity index (χ1v) is 5.44. The van der Waals surface area contributed by atoms with E-state index >= 15 is 0 Å². The van der Waals surface area contributed by atoms with Gasteiger partial charge in [0, 0.05) is 30.8 Å². The van der Waals surface area contributed by atoms with Crippen molar-refractivity contribution >= 4 is 28.9 Å². The minimum absolute atomic E-state index is 0.0714. The third-order valence-electron chi connectivity index (χ3n) is 2.57. The third-order valence-corrected chi connectivity index (χ3v) is 2.74. The summed E-state index contributed by atoms with van der Waals surface area (Å²) in [5, 5.41) is 2.81. The Morgan fingerprint density at radius 1 is 1.53 bits per heavy atom. The van der Waals surface area contributed by atoms with Crippen molar-refractivity contribution in [1.29, 1.82) is 0 Å². The highest BCUT2D eigenvalue weighted by molar-refractivity contribution is 6.18. The van der Waals surface area contributed by atoms with Gasteiger partial charge in [-0.15, -0.1) is 11.6 Å². The molecule has 0 saturated heterocycles. The molecule has 1 aliphatic heterocycles. The highest BCUT2D eigenvalue weighted by atomic mass is 35.5. The van der Waals surface area contributed by atoms with Gasteiger partial charge in [0.25, 0.3) is 0 Å². The molecular formula is C11H13ClN2O. The van der Waals surface area contributed by atoms with Crippen molar-refractivity contribution in [3.8, 4) is 0 Å². The van der Waals surface area contributed by atoms with Crippen LogP contribution in [0.2, 0.25) is 0 Å². The van der Waals surface area contributed by atoms with Gasteiger partial charge < -0.3 is 10.2 Å². The van der Waals surface area contributed by atoms with E-state index in [0.717, 1.165) is 23.5 Å². The molecule has 0 aliphatic carbocycles. The summed E-state index contributed by atoms with van der Waals surface area (Å²) in [5.41, 5.74) is 3.10. The molecule has 15 heavy (non-hydrogen) atoms. The number of benzene rings is 1. The van der Waals surface area contributed by atoms with E-state index in [9.17, 15) is 4.79 Å². The van der Waals surface area contributed by atoms with Gasteiger partial charge in [-0.3, -0.25) is 4.79 Å². The van der Waals surface area contributed by atoms with Crippen LogP contribution in [0.5, 0.6) is 0 Å². The molecule has 2 rings (SSSR count). The van der Waals surface area contributed by atoms with Crippen molar-refractivity contribution in [2.75, 3.05) is 29.7 Å². The number of anilines is 2. The number of fused-ring (bicyclic) bond motifs is 1. The lowest BCUT2D eigenvalue weighted by Gasteiger charge is -2.18. The number of nitrogens with zero attached hydrogens (tertiary/aromatic N) is 1. The van der Waals surface area contributed by atoms with E-state index in [1.807, 2.05) is 25.2 Å². The second kappa shape index (κ2) is 4.11. The molecule has 0 saturated carbocycles. The minimum atomic E-state index is 0.0714. The van der Waals surface area contributed by atoms with Gasteiger partial charge in [0.05, 0.1) is 6.42 Å². The van der Waals surface area contributed by atoms with E-state index < -0.39 is 0 Å². The standard InChI is InChI=1S/C11H13ClN2O/c1-14(5-4-12)9-2-3-10-8(6-9)7-11(15)13-10/h2-3,6H,4-5,7H2,1H3,(H,13,15). The maximum atomic E-state index is 11.2. The summed E-state index contributed by atoms with van der Waals surface area (Å²) >= 11 is 5.68. The summed E-state index contributed by atoms with van der Waals surface area (Å²) in [7, 11) is 1.99. The number of hydrogen-bond donors (Lipinski definition) is 1. The molecule has 0 bridgehead atoms. The van der Waals surface area contributed by atoms with Crippen molar-refractivity contribution < 1.29 is 4.79 Å². The molecule has 1 heterocycles. The molecule has 0 radical (unpaired) electrons. The second-order valence-electron chi connectivity index (χ2n) is 3.68. The molecule has 1 amide bonds. The Balaban J connectivity index is 2.23. The number of alkyl halides is 1. The maximum Gasteiger partial charge on any atom is 0.228 e. The van der Waals surface area contributed by atoms with E-state index in [-0.39, 0.29) is 5.91 Å². The van der Waals surface area contributed by atoms with Gasteiger partial charge in [0.1, 0.15) is 0 Å². The van der Waals surface area contributed by atoms with Crippen LogP contribution in [0.1, 0.15) is 5.56 Å². The lowest BCUT2D eigenvalue weighted by molar-refractivity contribution is -0.115.